The van der Waals surface area contributed by atoms with Crippen LogP contribution in [0.4, 0.5) is 0 Å². The van der Waals surface area contributed by atoms with Crippen LogP contribution in [0.2, 0.25) is 0 Å². The van der Waals surface area contributed by atoms with E-state index >= 15 is 0 Å². The number of nitrogens with two attached hydrogens (primary N) is 1. The molecule has 0 heterocycles. The minimum atomic E-state index is 0.448. The normalized spacial score (nSPS) is 13.3. The summed E-state index contributed by atoms with van der Waals surface area (Å²) in [7, 11) is 0. The summed E-state index contributed by atoms with van der Waals surface area (Å²) in [5.41, 5.74) is 6.29. The Labute approximate surface area is 185 Å². The van der Waals surface area contributed by atoms with Gasteiger partial charge in [0.25, 0.3) is 0 Å². The quantitative estimate of drug-likeness (QED) is 0.141. The van der Waals surface area contributed by atoms with E-state index in [2.05, 4.69) is 45.1 Å². The van der Waals surface area contributed by atoms with Crippen molar-refractivity contribution in [1.29, 1.82) is 0 Å². The fraction of sp³-hybridized carbons (Fsp3) is 0.857. The predicted octanol–water partition coefficient (Wildman–Crippen LogP) is 9.51. The summed E-state index contributed by atoms with van der Waals surface area (Å²) in [5.74, 6) is 0.868. The molecule has 0 aliphatic heterocycles. The Hall–Kier alpha value is -0.560. The zero-order chi connectivity index (χ0) is 21.4. The maximum atomic E-state index is 6.29. The number of unbranched alkanes of at least 4 members (excludes halogenated alkanes) is 12. The molecule has 1 heteroatoms. The molecule has 1 atom stereocenters. The van der Waals surface area contributed by atoms with Gasteiger partial charge in [-0.2, -0.15) is 0 Å². The Balaban J connectivity index is 3.26. The number of allylic oxidation sites excluding steroid dienone is 4. The van der Waals surface area contributed by atoms with Gasteiger partial charge in [-0.25, -0.2) is 0 Å². The van der Waals surface area contributed by atoms with Gasteiger partial charge in [0.2, 0.25) is 0 Å². The average molecular weight is 406 g/mol. The molecule has 0 radical (unpaired) electrons. The first-order valence-electron chi connectivity index (χ1n) is 13.2. The smallest absolute Gasteiger partial charge is 0.00388 e. The van der Waals surface area contributed by atoms with Crippen LogP contribution in [0.25, 0.3) is 0 Å². The van der Waals surface area contributed by atoms with E-state index in [9.17, 15) is 0 Å². The second kappa shape index (κ2) is 23.7. The Bertz CT molecular complexity index is 355. The molecule has 29 heavy (non-hydrogen) atoms. The van der Waals surface area contributed by atoms with E-state index in [4.69, 9.17) is 5.73 Å². The molecule has 0 aromatic rings. The molecular formula is C28H55N. The van der Waals surface area contributed by atoms with Crippen molar-refractivity contribution < 1.29 is 0 Å². The van der Waals surface area contributed by atoms with Gasteiger partial charge in [0.05, 0.1) is 0 Å². The summed E-state index contributed by atoms with van der Waals surface area (Å²) >= 11 is 0. The maximum absolute atomic E-state index is 6.29. The highest BCUT2D eigenvalue weighted by atomic mass is 14.6. The van der Waals surface area contributed by atoms with Crippen LogP contribution in [0.15, 0.2) is 24.3 Å². The summed E-state index contributed by atoms with van der Waals surface area (Å²) in [4.78, 5) is 0. The van der Waals surface area contributed by atoms with E-state index in [0.717, 1.165) is 12.3 Å². The highest BCUT2D eigenvalue weighted by Gasteiger charge is 2.02. The highest BCUT2D eigenvalue weighted by Crippen LogP contribution is 2.14. The molecule has 2 N–H and O–H groups in total. The molecule has 0 rings (SSSR count). The summed E-state index contributed by atoms with van der Waals surface area (Å²) in [6.45, 7) is 6.91. The molecule has 0 saturated carbocycles. The van der Waals surface area contributed by atoms with E-state index in [1.807, 2.05) is 0 Å². The minimum absolute atomic E-state index is 0.448. The molecule has 0 bridgehead atoms. The lowest BCUT2D eigenvalue weighted by molar-refractivity contribution is 0.475. The standard InChI is InChI=1S/C28H55N/c1-4-5-6-7-8-9-10-11-12-13-14-15-16-19-22-25-28(29)26-23-20-17-18-21-24-27(2)3/h8-9,11-12,27-28H,4-7,10,13-26,29H2,1-3H3. The van der Waals surface area contributed by atoms with E-state index in [1.165, 1.54) is 116 Å². The second-order valence-electron chi connectivity index (χ2n) is 9.52. The lowest BCUT2D eigenvalue weighted by Crippen LogP contribution is -2.19. The Morgan fingerprint density at radius 2 is 1.00 bits per heavy atom. The molecule has 1 unspecified atom stereocenters. The Kier molecular flexibility index (Phi) is 23.3. The average Bonchev–Trinajstić information content (AvgIpc) is 2.70. The van der Waals surface area contributed by atoms with Crippen LogP contribution >= 0.6 is 0 Å². The first kappa shape index (κ1) is 28.4. The summed E-state index contributed by atoms with van der Waals surface area (Å²) < 4.78 is 0. The molecule has 0 aromatic heterocycles. The van der Waals surface area contributed by atoms with Gasteiger partial charge in [0, 0.05) is 6.04 Å². The largest absolute Gasteiger partial charge is 0.328 e. The van der Waals surface area contributed by atoms with E-state index in [0.29, 0.717) is 6.04 Å². The lowest BCUT2D eigenvalue weighted by Gasteiger charge is -2.11. The van der Waals surface area contributed by atoms with Crippen molar-refractivity contribution in [2.45, 2.75) is 149 Å². The maximum Gasteiger partial charge on any atom is 0.00388 e. The van der Waals surface area contributed by atoms with Crippen molar-refractivity contribution >= 4 is 0 Å². The van der Waals surface area contributed by atoms with Crippen LogP contribution in [0.3, 0.4) is 0 Å². The molecule has 0 aliphatic carbocycles. The summed E-state index contributed by atoms with van der Waals surface area (Å²) in [6.07, 6.45) is 34.6. The van der Waals surface area contributed by atoms with Crippen molar-refractivity contribution in [3.63, 3.8) is 0 Å². The van der Waals surface area contributed by atoms with Crippen LogP contribution in [-0.4, -0.2) is 6.04 Å². The number of hydrogen-bond acceptors (Lipinski definition) is 1. The first-order valence-corrected chi connectivity index (χ1v) is 13.2. The van der Waals surface area contributed by atoms with Gasteiger partial charge in [0.15, 0.2) is 0 Å². The SMILES string of the molecule is CCCCCC=CCC=CCCCCCCCC(N)CCCCCCCC(C)C. The Morgan fingerprint density at radius 1 is 0.552 bits per heavy atom. The molecule has 0 aliphatic rings. The molecule has 172 valence electrons. The molecule has 0 saturated heterocycles. The summed E-state index contributed by atoms with van der Waals surface area (Å²) in [5, 5.41) is 0. The van der Waals surface area contributed by atoms with Gasteiger partial charge < -0.3 is 5.73 Å². The molecule has 0 fully saturated rings. The van der Waals surface area contributed by atoms with Gasteiger partial charge in [-0.3, -0.25) is 0 Å². The second-order valence-corrected chi connectivity index (χ2v) is 9.52. The van der Waals surface area contributed by atoms with Crippen molar-refractivity contribution in [1.82, 2.24) is 0 Å². The molecule has 1 nitrogen and oxygen atoms in total. The van der Waals surface area contributed by atoms with Crippen molar-refractivity contribution in [2.75, 3.05) is 0 Å². The molecule has 0 spiro atoms. The van der Waals surface area contributed by atoms with Gasteiger partial charge in [-0.05, 0) is 50.9 Å². The third kappa shape index (κ3) is 25.4. The third-order valence-corrected chi connectivity index (χ3v) is 5.88. The zero-order valence-corrected chi connectivity index (χ0v) is 20.5. The fourth-order valence-electron chi connectivity index (χ4n) is 3.85. The lowest BCUT2D eigenvalue weighted by atomic mass is 10.00. The third-order valence-electron chi connectivity index (χ3n) is 5.88. The van der Waals surface area contributed by atoms with Crippen LogP contribution in [0.5, 0.6) is 0 Å². The predicted molar refractivity (Wildman–Crippen MR) is 134 cm³/mol. The monoisotopic (exact) mass is 405 g/mol. The van der Waals surface area contributed by atoms with E-state index in [1.54, 1.807) is 0 Å². The Morgan fingerprint density at radius 3 is 1.52 bits per heavy atom. The van der Waals surface area contributed by atoms with Crippen molar-refractivity contribution in [2.24, 2.45) is 11.7 Å². The molecule has 0 amide bonds. The fourth-order valence-corrected chi connectivity index (χ4v) is 3.85. The first-order chi connectivity index (χ1) is 14.2. The van der Waals surface area contributed by atoms with Crippen molar-refractivity contribution in [3.05, 3.63) is 24.3 Å². The van der Waals surface area contributed by atoms with Crippen LogP contribution in [-0.2, 0) is 0 Å². The van der Waals surface area contributed by atoms with Gasteiger partial charge >= 0.3 is 0 Å². The number of rotatable bonds is 22. The van der Waals surface area contributed by atoms with Crippen molar-refractivity contribution in [3.8, 4) is 0 Å². The molecule has 0 aromatic carbocycles. The number of hydrogen-bond donors (Lipinski definition) is 1. The molecular weight excluding hydrogens is 350 g/mol. The van der Waals surface area contributed by atoms with Crippen LogP contribution in [0, 0.1) is 5.92 Å². The van der Waals surface area contributed by atoms with Gasteiger partial charge in [0.1, 0.15) is 0 Å². The zero-order valence-electron chi connectivity index (χ0n) is 20.5. The topological polar surface area (TPSA) is 26.0 Å². The van der Waals surface area contributed by atoms with Gasteiger partial charge in [-0.1, -0.05) is 122 Å². The van der Waals surface area contributed by atoms with E-state index < -0.39 is 0 Å². The highest BCUT2D eigenvalue weighted by molar-refractivity contribution is 4.92. The van der Waals surface area contributed by atoms with Crippen LogP contribution < -0.4 is 5.73 Å². The minimum Gasteiger partial charge on any atom is -0.328 e. The van der Waals surface area contributed by atoms with Gasteiger partial charge in [-0.15, -0.1) is 0 Å². The summed E-state index contributed by atoms with van der Waals surface area (Å²) in [6, 6.07) is 0.448. The van der Waals surface area contributed by atoms with E-state index in [-0.39, 0.29) is 0 Å². The van der Waals surface area contributed by atoms with Crippen LogP contribution in [0.1, 0.15) is 143 Å².